The zero-order valence-corrected chi connectivity index (χ0v) is 13.5. The highest BCUT2D eigenvalue weighted by Crippen LogP contribution is 2.29. The Kier molecular flexibility index (Phi) is 3.78. The van der Waals surface area contributed by atoms with Gasteiger partial charge in [-0.1, -0.05) is 22.0 Å². The summed E-state index contributed by atoms with van der Waals surface area (Å²) in [7, 11) is 0. The molecule has 0 saturated carbocycles. The van der Waals surface area contributed by atoms with Crippen LogP contribution < -0.4 is 0 Å². The van der Waals surface area contributed by atoms with Gasteiger partial charge in [-0.05, 0) is 65.5 Å². The van der Waals surface area contributed by atoms with Gasteiger partial charge in [0.05, 0.1) is 0 Å². The molecule has 0 spiro atoms. The molecular formula is C14H12Br2O2. The van der Waals surface area contributed by atoms with Crippen molar-refractivity contribution in [2.75, 3.05) is 0 Å². The Morgan fingerprint density at radius 2 is 1.78 bits per heavy atom. The van der Waals surface area contributed by atoms with Gasteiger partial charge in [0, 0.05) is 10.0 Å². The van der Waals surface area contributed by atoms with E-state index in [1.165, 1.54) is 0 Å². The van der Waals surface area contributed by atoms with Crippen LogP contribution in [0.3, 0.4) is 0 Å². The van der Waals surface area contributed by atoms with Gasteiger partial charge in [0.15, 0.2) is 10.4 Å². The molecule has 1 aromatic heterocycles. The smallest absolute Gasteiger partial charge is 0.228 e. The van der Waals surface area contributed by atoms with Crippen molar-refractivity contribution < 1.29 is 9.21 Å². The van der Waals surface area contributed by atoms with Gasteiger partial charge in [0.25, 0.3) is 0 Å². The van der Waals surface area contributed by atoms with Crippen LogP contribution in [0.15, 0.2) is 31.8 Å². The molecule has 0 bridgehead atoms. The molecule has 0 amide bonds. The SMILES string of the molecule is Cc1cc(C)c(C(=O)c2ccc(Br)o2)c(C)c1Br. The monoisotopic (exact) mass is 370 g/mol. The number of aryl methyl sites for hydroxylation is 2. The predicted molar refractivity (Wildman–Crippen MR) is 78.2 cm³/mol. The molecule has 0 fully saturated rings. The molecule has 0 aliphatic heterocycles. The second kappa shape index (κ2) is 5.02. The maximum Gasteiger partial charge on any atom is 0.228 e. The molecule has 0 unspecified atom stereocenters. The Bertz CT molecular complexity index is 627. The van der Waals surface area contributed by atoms with Gasteiger partial charge < -0.3 is 4.42 Å². The molecule has 2 nitrogen and oxygen atoms in total. The molecule has 0 aliphatic carbocycles. The Morgan fingerprint density at radius 1 is 1.11 bits per heavy atom. The van der Waals surface area contributed by atoms with E-state index in [1.807, 2.05) is 26.8 Å². The third kappa shape index (κ3) is 2.31. The van der Waals surface area contributed by atoms with Crippen molar-refractivity contribution in [3.63, 3.8) is 0 Å². The van der Waals surface area contributed by atoms with Crippen molar-refractivity contribution in [3.05, 3.63) is 55.4 Å². The van der Waals surface area contributed by atoms with Crippen LogP contribution in [-0.2, 0) is 0 Å². The second-order valence-electron chi connectivity index (χ2n) is 4.26. The molecule has 0 atom stereocenters. The Morgan fingerprint density at radius 3 is 2.33 bits per heavy atom. The molecule has 0 N–H and O–H groups in total. The second-order valence-corrected chi connectivity index (χ2v) is 5.83. The highest BCUT2D eigenvalue weighted by atomic mass is 79.9. The van der Waals surface area contributed by atoms with Gasteiger partial charge in [0.1, 0.15) is 0 Å². The number of rotatable bonds is 2. The molecule has 1 aromatic carbocycles. The summed E-state index contributed by atoms with van der Waals surface area (Å²) in [6.45, 7) is 5.90. The first-order chi connectivity index (χ1) is 8.41. The molecule has 0 saturated heterocycles. The average molecular weight is 372 g/mol. The standard InChI is InChI=1S/C14H12Br2O2/c1-7-6-8(2)13(16)9(3)12(7)14(17)10-4-5-11(15)18-10/h4-6H,1-3H3. The third-order valence-electron chi connectivity index (χ3n) is 2.90. The quantitative estimate of drug-likeness (QED) is 0.698. The van der Waals surface area contributed by atoms with Crippen LogP contribution in [0.4, 0.5) is 0 Å². The fourth-order valence-corrected chi connectivity index (χ4v) is 2.69. The number of benzene rings is 1. The van der Waals surface area contributed by atoms with Gasteiger partial charge in [-0.2, -0.15) is 0 Å². The summed E-state index contributed by atoms with van der Waals surface area (Å²) in [4.78, 5) is 12.4. The number of furan rings is 1. The van der Waals surface area contributed by atoms with Gasteiger partial charge in [-0.3, -0.25) is 4.79 Å². The maximum absolute atomic E-state index is 12.4. The normalized spacial score (nSPS) is 10.7. The van der Waals surface area contributed by atoms with E-state index in [1.54, 1.807) is 12.1 Å². The number of hydrogen-bond donors (Lipinski definition) is 0. The van der Waals surface area contributed by atoms with E-state index in [2.05, 4.69) is 31.9 Å². The summed E-state index contributed by atoms with van der Waals surface area (Å²) >= 11 is 6.73. The lowest BCUT2D eigenvalue weighted by molar-refractivity contribution is 0.101. The van der Waals surface area contributed by atoms with Crippen LogP contribution in [0.25, 0.3) is 0 Å². The van der Waals surface area contributed by atoms with Gasteiger partial charge >= 0.3 is 0 Å². The number of ketones is 1. The van der Waals surface area contributed by atoms with Crippen molar-refractivity contribution in [2.24, 2.45) is 0 Å². The highest BCUT2D eigenvalue weighted by molar-refractivity contribution is 9.10. The summed E-state index contributed by atoms with van der Waals surface area (Å²) in [5.74, 6) is 0.264. The highest BCUT2D eigenvalue weighted by Gasteiger charge is 2.20. The van der Waals surface area contributed by atoms with Gasteiger partial charge in [-0.25, -0.2) is 0 Å². The van der Waals surface area contributed by atoms with Crippen molar-refractivity contribution in [1.82, 2.24) is 0 Å². The zero-order chi connectivity index (χ0) is 13.4. The fourth-order valence-electron chi connectivity index (χ4n) is 2.07. The minimum Gasteiger partial charge on any atom is -0.446 e. The summed E-state index contributed by atoms with van der Waals surface area (Å²) < 4.78 is 6.87. The lowest BCUT2D eigenvalue weighted by Gasteiger charge is -2.11. The largest absolute Gasteiger partial charge is 0.446 e. The summed E-state index contributed by atoms with van der Waals surface area (Å²) in [5.41, 5.74) is 3.74. The number of halogens is 2. The summed E-state index contributed by atoms with van der Waals surface area (Å²) in [6.07, 6.45) is 0. The molecule has 18 heavy (non-hydrogen) atoms. The molecule has 4 heteroatoms. The van der Waals surface area contributed by atoms with E-state index < -0.39 is 0 Å². The Balaban J connectivity index is 2.58. The Hall–Kier alpha value is -0.870. The van der Waals surface area contributed by atoms with Gasteiger partial charge in [0.2, 0.25) is 5.78 Å². The van der Waals surface area contributed by atoms with Crippen LogP contribution in [0.2, 0.25) is 0 Å². The molecule has 2 rings (SSSR count). The zero-order valence-electron chi connectivity index (χ0n) is 10.3. The van der Waals surface area contributed by atoms with Crippen LogP contribution in [-0.4, -0.2) is 5.78 Å². The third-order valence-corrected chi connectivity index (χ3v) is 4.55. The van der Waals surface area contributed by atoms with Crippen LogP contribution >= 0.6 is 31.9 Å². The van der Waals surface area contributed by atoms with Crippen LogP contribution in [0.5, 0.6) is 0 Å². The molecule has 2 aromatic rings. The molecular weight excluding hydrogens is 360 g/mol. The molecule has 94 valence electrons. The van der Waals surface area contributed by atoms with Crippen molar-refractivity contribution in [1.29, 1.82) is 0 Å². The van der Waals surface area contributed by atoms with E-state index in [4.69, 9.17) is 4.42 Å². The van der Waals surface area contributed by atoms with Gasteiger partial charge in [-0.15, -0.1) is 0 Å². The topological polar surface area (TPSA) is 30.2 Å². The fraction of sp³-hybridized carbons (Fsp3) is 0.214. The summed E-state index contributed by atoms with van der Waals surface area (Å²) in [6, 6.07) is 5.41. The van der Waals surface area contributed by atoms with E-state index in [9.17, 15) is 4.79 Å². The lowest BCUT2D eigenvalue weighted by atomic mass is 9.95. The van der Waals surface area contributed by atoms with E-state index in [0.717, 1.165) is 21.2 Å². The first-order valence-electron chi connectivity index (χ1n) is 5.48. The molecule has 1 heterocycles. The average Bonchev–Trinajstić information content (AvgIpc) is 2.73. The van der Waals surface area contributed by atoms with E-state index >= 15 is 0 Å². The number of carbonyl (C=O) groups excluding carboxylic acids is 1. The number of carbonyl (C=O) groups is 1. The molecule has 0 radical (unpaired) electrons. The Labute approximate surface area is 123 Å². The van der Waals surface area contributed by atoms with E-state index in [0.29, 0.717) is 16.0 Å². The maximum atomic E-state index is 12.4. The number of hydrogen-bond acceptors (Lipinski definition) is 2. The minimum atomic E-state index is -0.0867. The summed E-state index contributed by atoms with van der Waals surface area (Å²) in [5, 5.41) is 0. The molecule has 0 aliphatic rings. The first kappa shape index (κ1) is 13.6. The predicted octanol–water partition coefficient (Wildman–Crippen LogP) is 4.96. The lowest BCUT2D eigenvalue weighted by Crippen LogP contribution is -2.06. The van der Waals surface area contributed by atoms with Crippen molar-refractivity contribution in [2.45, 2.75) is 20.8 Å². The van der Waals surface area contributed by atoms with Crippen LogP contribution in [0, 0.1) is 20.8 Å². The van der Waals surface area contributed by atoms with Crippen molar-refractivity contribution in [3.8, 4) is 0 Å². The van der Waals surface area contributed by atoms with Crippen molar-refractivity contribution >= 4 is 37.6 Å². The van der Waals surface area contributed by atoms with E-state index in [-0.39, 0.29) is 5.78 Å². The van der Waals surface area contributed by atoms with Crippen LogP contribution in [0.1, 0.15) is 32.8 Å². The first-order valence-corrected chi connectivity index (χ1v) is 7.06. The minimum absolute atomic E-state index is 0.0867.